The van der Waals surface area contributed by atoms with Crippen molar-refractivity contribution in [1.82, 2.24) is 10.4 Å². The van der Waals surface area contributed by atoms with E-state index < -0.39 is 5.91 Å². The highest BCUT2D eigenvalue weighted by Gasteiger charge is 2.11. The standard InChI is InChI=1S/C17H14ClN3O2/c1-10(15-8-11-4-2-3-5-14(11)19-15)20-21-17(23)13-9-12(18)6-7-16(13)22/h2-9,19,22H,1H3,(H,21,23)/b20-10+. The summed E-state index contributed by atoms with van der Waals surface area (Å²) in [6.45, 7) is 1.78. The van der Waals surface area contributed by atoms with Gasteiger partial charge in [-0.1, -0.05) is 29.8 Å². The van der Waals surface area contributed by atoms with Crippen LogP contribution < -0.4 is 5.43 Å². The summed E-state index contributed by atoms with van der Waals surface area (Å²) in [4.78, 5) is 15.3. The molecule has 0 saturated carbocycles. The zero-order valence-corrected chi connectivity index (χ0v) is 13.1. The van der Waals surface area contributed by atoms with Crippen molar-refractivity contribution in [1.29, 1.82) is 0 Å². The molecule has 0 fully saturated rings. The maximum atomic E-state index is 12.1. The lowest BCUT2D eigenvalue weighted by atomic mass is 10.2. The molecule has 1 aromatic heterocycles. The highest BCUT2D eigenvalue weighted by molar-refractivity contribution is 6.31. The summed E-state index contributed by atoms with van der Waals surface area (Å²) < 4.78 is 0. The van der Waals surface area contributed by atoms with E-state index in [9.17, 15) is 9.90 Å². The van der Waals surface area contributed by atoms with Gasteiger partial charge in [0.2, 0.25) is 0 Å². The largest absolute Gasteiger partial charge is 0.507 e. The van der Waals surface area contributed by atoms with Crippen molar-refractivity contribution < 1.29 is 9.90 Å². The van der Waals surface area contributed by atoms with E-state index >= 15 is 0 Å². The molecule has 6 heteroatoms. The number of amides is 1. The Bertz CT molecular complexity index is 882. The minimum absolute atomic E-state index is 0.0747. The first-order chi connectivity index (χ1) is 11.0. The van der Waals surface area contributed by atoms with Crippen LogP contribution in [0.1, 0.15) is 23.0 Å². The summed E-state index contributed by atoms with van der Waals surface area (Å²) in [6, 6.07) is 14.1. The van der Waals surface area contributed by atoms with Crippen molar-refractivity contribution in [2.45, 2.75) is 6.92 Å². The number of phenols is 1. The predicted octanol–water partition coefficient (Wildman–Crippen LogP) is 3.68. The van der Waals surface area contributed by atoms with E-state index in [0.29, 0.717) is 10.7 Å². The maximum absolute atomic E-state index is 12.1. The number of phenolic OH excluding ortho intramolecular Hbond substituents is 1. The summed E-state index contributed by atoms with van der Waals surface area (Å²) in [5.41, 5.74) is 4.92. The normalized spacial score (nSPS) is 11.7. The van der Waals surface area contributed by atoms with E-state index in [-0.39, 0.29) is 11.3 Å². The molecule has 0 aliphatic rings. The molecule has 0 spiro atoms. The van der Waals surface area contributed by atoms with Gasteiger partial charge in [-0.05, 0) is 37.3 Å². The number of aromatic amines is 1. The van der Waals surface area contributed by atoms with Gasteiger partial charge in [0.1, 0.15) is 5.75 Å². The van der Waals surface area contributed by atoms with Crippen LogP contribution in [0.3, 0.4) is 0 Å². The van der Waals surface area contributed by atoms with Crippen molar-refractivity contribution in [3.63, 3.8) is 0 Å². The van der Waals surface area contributed by atoms with E-state index in [1.54, 1.807) is 6.92 Å². The molecule has 0 atom stereocenters. The molecule has 0 aliphatic heterocycles. The SMILES string of the molecule is C/C(=N\NC(=O)c1cc(Cl)ccc1O)c1cc2ccccc2[nH]1. The van der Waals surface area contributed by atoms with E-state index in [2.05, 4.69) is 15.5 Å². The fraction of sp³-hybridized carbons (Fsp3) is 0.0588. The van der Waals surface area contributed by atoms with E-state index in [1.807, 2.05) is 30.3 Å². The van der Waals surface area contributed by atoms with Crippen LogP contribution in [-0.2, 0) is 0 Å². The van der Waals surface area contributed by atoms with Crippen LogP contribution in [0.2, 0.25) is 5.02 Å². The summed E-state index contributed by atoms with van der Waals surface area (Å²) >= 11 is 5.83. The van der Waals surface area contributed by atoms with Gasteiger partial charge < -0.3 is 10.1 Å². The Morgan fingerprint density at radius 3 is 2.78 bits per heavy atom. The van der Waals surface area contributed by atoms with Crippen LogP contribution >= 0.6 is 11.6 Å². The number of hydrogen-bond acceptors (Lipinski definition) is 3. The van der Waals surface area contributed by atoms with E-state index in [1.165, 1.54) is 18.2 Å². The number of carbonyl (C=O) groups is 1. The second-order valence-electron chi connectivity index (χ2n) is 5.07. The molecule has 3 N–H and O–H groups in total. The van der Waals surface area contributed by atoms with E-state index in [0.717, 1.165) is 16.6 Å². The number of hydrogen-bond donors (Lipinski definition) is 3. The number of rotatable bonds is 3. The van der Waals surface area contributed by atoms with Gasteiger partial charge >= 0.3 is 0 Å². The molecule has 3 rings (SSSR count). The Labute approximate surface area is 137 Å². The number of aromatic hydroxyl groups is 1. The fourth-order valence-electron chi connectivity index (χ4n) is 2.21. The van der Waals surface area contributed by atoms with Gasteiger partial charge in [0.25, 0.3) is 5.91 Å². The smallest absolute Gasteiger partial charge is 0.275 e. The van der Waals surface area contributed by atoms with Gasteiger partial charge in [0.05, 0.1) is 17.0 Å². The third-order valence-corrected chi connectivity index (χ3v) is 3.68. The Hall–Kier alpha value is -2.79. The van der Waals surface area contributed by atoms with Gasteiger partial charge in [-0.2, -0.15) is 5.10 Å². The summed E-state index contributed by atoms with van der Waals surface area (Å²) in [7, 11) is 0. The number of hydrazone groups is 1. The Balaban J connectivity index is 1.81. The number of fused-ring (bicyclic) bond motifs is 1. The number of H-pyrrole nitrogens is 1. The maximum Gasteiger partial charge on any atom is 0.275 e. The molecule has 0 radical (unpaired) electrons. The van der Waals surface area contributed by atoms with Crippen molar-refractivity contribution in [2.24, 2.45) is 5.10 Å². The molecule has 2 aromatic carbocycles. The van der Waals surface area contributed by atoms with Crippen LogP contribution in [0.15, 0.2) is 53.6 Å². The zero-order valence-electron chi connectivity index (χ0n) is 12.3. The van der Waals surface area contributed by atoms with Gasteiger partial charge in [-0.15, -0.1) is 0 Å². The van der Waals surface area contributed by atoms with Crippen LogP contribution in [-0.4, -0.2) is 21.7 Å². The molecule has 0 unspecified atom stereocenters. The average molecular weight is 328 g/mol. The minimum Gasteiger partial charge on any atom is -0.507 e. The highest BCUT2D eigenvalue weighted by Crippen LogP contribution is 2.21. The number of nitrogens with zero attached hydrogens (tertiary/aromatic N) is 1. The first kappa shape index (κ1) is 15.1. The number of benzene rings is 2. The van der Waals surface area contributed by atoms with Crippen LogP contribution in [0.25, 0.3) is 10.9 Å². The van der Waals surface area contributed by atoms with Crippen LogP contribution in [0.4, 0.5) is 0 Å². The van der Waals surface area contributed by atoms with Crippen molar-refractivity contribution in [3.05, 3.63) is 64.8 Å². The Kier molecular flexibility index (Phi) is 4.04. The van der Waals surface area contributed by atoms with Crippen molar-refractivity contribution >= 4 is 34.1 Å². The first-order valence-electron chi connectivity index (χ1n) is 6.96. The van der Waals surface area contributed by atoms with Crippen LogP contribution in [0.5, 0.6) is 5.75 Å². The predicted molar refractivity (Wildman–Crippen MR) is 91.1 cm³/mol. The lowest BCUT2D eigenvalue weighted by Crippen LogP contribution is -2.19. The Morgan fingerprint density at radius 2 is 2.00 bits per heavy atom. The molecule has 1 heterocycles. The fourth-order valence-corrected chi connectivity index (χ4v) is 2.39. The third kappa shape index (κ3) is 3.19. The van der Waals surface area contributed by atoms with Crippen molar-refractivity contribution in [3.8, 4) is 5.75 Å². The molecule has 0 bridgehead atoms. The highest BCUT2D eigenvalue weighted by atomic mass is 35.5. The second kappa shape index (κ2) is 6.14. The van der Waals surface area contributed by atoms with Gasteiger partial charge in [0, 0.05) is 15.9 Å². The molecule has 116 valence electrons. The zero-order chi connectivity index (χ0) is 16.4. The van der Waals surface area contributed by atoms with Crippen molar-refractivity contribution in [2.75, 3.05) is 0 Å². The summed E-state index contributed by atoms with van der Waals surface area (Å²) in [5, 5.41) is 15.2. The summed E-state index contributed by atoms with van der Waals surface area (Å²) in [6.07, 6.45) is 0. The topological polar surface area (TPSA) is 77.5 Å². The number of para-hydroxylation sites is 1. The lowest BCUT2D eigenvalue weighted by molar-refractivity contribution is 0.0952. The monoisotopic (exact) mass is 327 g/mol. The molecule has 0 aliphatic carbocycles. The number of aromatic nitrogens is 1. The molecular weight excluding hydrogens is 314 g/mol. The molecule has 5 nitrogen and oxygen atoms in total. The molecule has 1 amide bonds. The molecular formula is C17H14ClN3O2. The molecule has 0 saturated heterocycles. The quantitative estimate of drug-likeness (QED) is 0.507. The van der Waals surface area contributed by atoms with Gasteiger partial charge in [0.15, 0.2) is 0 Å². The van der Waals surface area contributed by atoms with Gasteiger partial charge in [-0.25, -0.2) is 5.43 Å². The van der Waals surface area contributed by atoms with Gasteiger partial charge in [-0.3, -0.25) is 4.79 Å². The lowest BCUT2D eigenvalue weighted by Gasteiger charge is -2.04. The third-order valence-electron chi connectivity index (χ3n) is 3.45. The minimum atomic E-state index is -0.527. The molecule has 23 heavy (non-hydrogen) atoms. The molecule has 3 aromatic rings. The van der Waals surface area contributed by atoms with E-state index in [4.69, 9.17) is 11.6 Å². The number of nitrogens with one attached hydrogen (secondary N) is 2. The first-order valence-corrected chi connectivity index (χ1v) is 7.33. The average Bonchev–Trinajstić information content (AvgIpc) is 2.98. The number of carbonyl (C=O) groups excluding carboxylic acids is 1. The second-order valence-corrected chi connectivity index (χ2v) is 5.51. The Morgan fingerprint density at radius 1 is 1.22 bits per heavy atom. The summed E-state index contributed by atoms with van der Waals surface area (Å²) in [5.74, 6) is -0.675. The van der Waals surface area contributed by atoms with Crippen LogP contribution in [0, 0.1) is 0 Å². The number of halogens is 1.